The molecule has 0 unspecified atom stereocenters. The molecule has 0 radical (unpaired) electrons. The van der Waals surface area contributed by atoms with Gasteiger partial charge in [-0.3, -0.25) is 9.59 Å². The van der Waals surface area contributed by atoms with Gasteiger partial charge in [-0.15, -0.1) is 0 Å². The van der Waals surface area contributed by atoms with Crippen LogP contribution in [0.3, 0.4) is 0 Å². The highest BCUT2D eigenvalue weighted by atomic mass is 16.3. The summed E-state index contributed by atoms with van der Waals surface area (Å²) < 4.78 is 5.39. The van der Waals surface area contributed by atoms with Crippen molar-refractivity contribution in [2.45, 2.75) is 32.1 Å². The molecule has 0 aliphatic heterocycles. The van der Waals surface area contributed by atoms with Crippen LogP contribution < -0.4 is 10.9 Å². The SMILES string of the molecule is O=C(N/N=C/c1coc2ccccc2c1=O)C1CCCCC1. The van der Waals surface area contributed by atoms with Gasteiger partial charge in [-0.25, -0.2) is 5.43 Å². The zero-order valence-corrected chi connectivity index (χ0v) is 12.2. The van der Waals surface area contributed by atoms with Crippen molar-refractivity contribution >= 4 is 23.1 Å². The lowest BCUT2D eigenvalue weighted by Crippen LogP contribution is -2.28. The first kappa shape index (κ1) is 14.5. The van der Waals surface area contributed by atoms with Crippen LogP contribution in [0.4, 0.5) is 0 Å². The molecule has 1 aliphatic rings. The number of hydrogen-bond acceptors (Lipinski definition) is 4. The van der Waals surface area contributed by atoms with E-state index in [-0.39, 0.29) is 17.3 Å². The fourth-order valence-electron chi connectivity index (χ4n) is 2.80. The molecule has 5 heteroatoms. The number of hydrazone groups is 1. The second kappa shape index (κ2) is 6.56. The van der Waals surface area contributed by atoms with Gasteiger partial charge in [0.2, 0.25) is 11.3 Å². The normalized spacial score (nSPS) is 16.2. The average molecular weight is 298 g/mol. The predicted molar refractivity (Wildman–Crippen MR) is 84.8 cm³/mol. The lowest BCUT2D eigenvalue weighted by molar-refractivity contribution is -0.125. The molecular weight excluding hydrogens is 280 g/mol. The Hall–Kier alpha value is -2.43. The predicted octanol–water partition coefficient (Wildman–Crippen LogP) is 2.82. The van der Waals surface area contributed by atoms with Gasteiger partial charge in [0.25, 0.3) is 0 Å². The van der Waals surface area contributed by atoms with Crippen molar-refractivity contribution < 1.29 is 9.21 Å². The van der Waals surface area contributed by atoms with Gasteiger partial charge >= 0.3 is 0 Å². The Labute approximate surface area is 128 Å². The van der Waals surface area contributed by atoms with Gasteiger partial charge in [-0.05, 0) is 25.0 Å². The number of rotatable bonds is 3. The Kier molecular flexibility index (Phi) is 4.32. The van der Waals surface area contributed by atoms with Gasteiger partial charge in [-0.1, -0.05) is 31.4 Å². The summed E-state index contributed by atoms with van der Waals surface area (Å²) in [7, 11) is 0. The van der Waals surface area contributed by atoms with Crippen LogP contribution >= 0.6 is 0 Å². The smallest absolute Gasteiger partial charge is 0.243 e. The van der Waals surface area contributed by atoms with Crippen molar-refractivity contribution in [3.05, 3.63) is 46.3 Å². The van der Waals surface area contributed by atoms with E-state index >= 15 is 0 Å². The molecule has 1 aliphatic carbocycles. The first-order chi connectivity index (χ1) is 10.8. The first-order valence-electron chi connectivity index (χ1n) is 7.59. The maximum atomic E-state index is 12.2. The molecule has 5 nitrogen and oxygen atoms in total. The van der Waals surface area contributed by atoms with Crippen LogP contribution in [0.5, 0.6) is 0 Å². The van der Waals surface area contributed by atoms with Crippen LogP contribution in [0.1, 0.15) is 37.7 Å². The highest BCUT2D eigenvalue weighted by molar-refractivity contribution is 5.87. The molecule has 1 aromatic carbocycles. The minimum Gasteiger partial charge on any atom is -0.463 e. The lowest BCUT2D eigenvalue weighted by atomic mass is 9.89. The number of benzene rings is 1. The van der Waals surface area contributed by atoms with E-state index < -0.39 is 0 Å². The number of nitrogens with one attached hydrogen (secondary N) is 1. The van der Waals surface area contributed by atoms with Gasteiger partial charge in [0.15, 0.2) is 0 Å². The van der Waals surface area contributed by atoms with Crippen molar-refractivity contribution in [3.8, 4) is 0 Å². The Morgan fingerprint density at radius 3 is 2.82 bits per heavy atom. The van der Waals surface area contributed by atoms with Gasteiger partial charge in [0.05, 0.1) is 17.2 Å². The van der Waals surface area contributed by atoms with Crippen LogP contribution in [0.25, 0.3) is 11.0 Å². The van der Waals surface area contributed by atoms with Crippen LogP contribution in [-0.2, 0) is 4.79 Å². The third kappa shape index (κ3) is 3.08. The second-order valence-electron chi connectivity index (χ2n) is 5.59. The highest BCUT2D eigenvalue weighted by Gasteiger charge is 2.20. The molecule has 1 fully saturated rings. The molecule has 114 valence electrons. The van der Waals surface area contributed by atoms with Crippen molar-refractivity contribution in [1.29, 1.82) is 0 Å². The monoisotopic (exact) mass is 298 g/mol. The van der Waals surface area contributed by atoms with E-state index in [4.69, 9.17) is 4.42 Å². The van der Waals surface area contributed by atoms with Crippen LogP contribution in [0, 0.1) is 5.92 Å². The fourth-order valence-corrected chi connectivity index (χ4v) is 2.80. The van der Waals surface area contributed by atoms with E-state index in [1.807, 2.05) is 6.07 Å². The molecule has 0 atom stereocenters. The van der Waals surface area contributed by atoms with Crippen molar-refractivity contribution in [2.75, 3.05) is 0 Å². The number of amides is 1. The Morgan fingerprint density at radius 1 is 1.23 bits per heavy atom. The standard InChI is InChI=1S/C17H18N2O3/c20-16-13(11-22-15-9-5-4-8-14(15)16)10-18-19-17(21)12-6-2-1-3-7-12/h4-5,8-12H,1-3,6-7H2,(H,19,21)/b18-10+. The average Bonchev–Trinajstić information content (AvgIpc) is 2.58. The largest absolute Gasteiger partial charge is 0.463 e. The summed E-state index contributed by atoms with van der Waals surface area (Å²) in [5.74, 6) is -0.0277. The molecule has 1 amide bonds. The van der Waals surface area contributed by atoms with Gasteiger partial charge in [0.1, 0.15) is 11.8 Å². The maximum Gasteiger partial charge on any atom is 0.243 e. The van der Waals surface area contributed by atoms with E-state index in [1.54, 1.807) is 18.2 Å². The number of carbonyl (C=O) groups excluding carboxylic acids is 1. The number of para-hydroxylation sites is 1. The van der Waals surface area contributed by atoms with Crippen molar-refractivity contribution in [1.82, 2.24) is 5.43 Å². The van der Waals surface area contributed by atoms with E-state index in [0.717, 1.165) is 25.7 Å². The molecule has 1 heterocycles. The fraction of sp³-hybridized carbons (Fsp3) is 0.353. The minimum atomic E-state index is -0.155. The zero-order valence-electron chi connectivity index (χ0n) is 12.2. The summed E-state index contributed by atoms with van der Waals surface area (Å²) in [4.78, 5) is 24.2. The van der Waals surface area contributed by atoms with Crippen molar-refractivity contribution in [3.63, 3.8) is 0 Å². The van der Waals surface area contributed by atoms with E-state index in [2.05, 4.69) is 10.5 Å². The summed E-state index contributed by atoms with van der Waals surface area (Å²) in [6, 6.07) is 7.04. The summed E-state index contributed by atoms with van der Waals surface area (Å²) in [6.45, 7) is 0. The molecule has 0 spiro atoms. The second-order valence-corrected chi connectivity index (χ2v) is 5.59. The molecule has 22 heavy (non-hydrogen) atoms. The number of carbonyl (C=O) groups is 1. The number of nitrogens with zero attached hydrogens (tertiary/aromatic N) is 1. The number of hydrogen-bond donors (Lipinski definition) is 1. The molecular formula is C17H18N2O3. The van der Waals surface area contributed by atoms with Crippen LogP contribution in [-0.4, -0.2) is 12.1 Å². The minimum absolute atomic E-state index is 0.0407. The third-order valence-electron chi connectivity index (χ3n) is 4.06. The first-order valence-corrected chi connectivity index (χ1v) is 7.59. The molecule has 0 bridgehead atoms. The van der Waals surface area contributed by atoms with E-state index in [9.17, 15) is 9.59 Å². The van der Waals surface area contributed by atoms with Gasteiger partial charge < -0.3 is 4.42 Å². The number of fused-ring (bicyclic) bond motifs is 1. The summed E-state index contributed by atoms with van der Waals surface area (Å²) in [5.41, 5.74) is 3.23. The molecule has 1 aromatic heterocycles. The molecule has 1 N–H and O–H groups in total. The Morgan fingerprint density at radius 2 is 2.00 bits per heavy atom. The molecule has 1 saturated carbocycles. The van der Waals surface area contributed by atoms with Crippen molar-refractivity contribution in [2.24, 2.45) is 11.0 Å². The molecule has 0 saturated heterocycles. The summed E-state index contributed by atoms with van der Waals surface area (Å²) in [5, 5.41) is 4.40. The summed E-state index contributed by atoms with van der Waals surface area (Å²) in [6.07, 6.45) is 7.93. The molecule has 3 rings (SSSR count). The Bertz CT molecular complexity index is 758. The molecule has 2 aromatic rings. The van der Waals surface area contributed by atoms with Crippen LogP contribution in [0.2, 0.25) is 0 Å². The van der Waals surface area contributed by atoms with Gasteiger partial charge in [-0.2, -0.15) is 5.10 Å². The lowest BCUT2D eigenvalue weighted by Gasteiger charge is -2.19. The summed E-state index contributed by atoms with van der Waals surface area (Å²) >= 11 is 0. The zero-order chi connectivity index (χ0) is 15.4. The highest BCUT2D eigenvalue weighted by Crippen LogP contribution is 2.23. The van der Waals surface area contributed by atoms with E-state index in [0.29, 0.717) is 16.5 Å². The third-order valence-corrected chi connectivity index (χ3v) is 4.06. The quantitative estimate of drug-likeness (QED) is 0.699. The van der Waals surface area contributed by atoms with Crippen LogP contribution in [0.15, 0.2) is 44.8 Å². The van der Waals surface area contributed by atoms with Gasteiger partial charge in [0, 0.05) is 5.92 Å². The topological polar surface area (TPSA) is 71.7 Å². The maximum absolute atomic E-state index is 12.2. The Balaban J connectivity index is 1.71. The van der Waals surface area contributed by atoms with E-state index in [1.165, 1.54) is 18.9 Å².